The number of rotatable bonds is 14. The molecule has 0 aliphatic carbocycles. The van der Waals surface area contributed by atoms with Crippen molar-refractivity contribution in [2.75, 3.05) is 24.6 Å². The monoisotopic (exact) mass is 448 g/mol. The zero-order valence-corrected chi connectivity index (χ0v) is 17.8. The van der Waals surface area contributed by atoms with E-state index in [1.54, 1.807) is 28.5 Å². The van der Waals surface area contributed by atoms with Crippen molar-refractivity contribution in [2.24, 2.45) is 0 Å². The molecule has 9 nitrogen and oxygen atoms in total. The Kier molecular flexibility index (Phi) is 12.0. The predicted octanol–water partition coefficient (Wildman–Crippen LogP) is 0.439. The molecule has 29 heavy (non-hydrogen) atoms. The standard InChI is InChI=1S/C17H25FN4O5S2/c1-2-12(23)3-4-14(24)19-6-9-28-29-10-7-20-15(25)5-8-22-11-13(18)16(26)21-17(22)27/h11H,2-10H2,1H3,(H,19,24)(H,20,25)(H,21,26,27). The highest BCUT2D eigenvalue weighted by molar-refractivity contribution is 8.76. The molecule has 0 saturated carbocycles. The Labute approximate surface area is 175 Å². The number of nitrogens with zero attached hydrogens (tertiary/aromatic N) is 1. The number of hydrogen-bond donors (Lipinski definition) is 3. The maximum atomic E-state index is 13.1. The molecule has 0 aromatic carbocycles. The van der Waals surface area contributed by atoms with Gasteiger partial charge in [0, 0.05) is 56.8 Å². The smallest absolute Gasteiger partial charge is 0.328 e. The Morgan fingerprint density at radius 3 is 2.21 bits per heavy atom. The summed E-state index contributed by atoms with van der Waals surface area (Å²) in [4.78, 5) is 58.6. The molecule has 0 bridgehead atoms. The molecule has 0 atom stereocenters. The average molecular weight is 449 g/mol. The second kappa shape index (κ2) is 14.0. The topological polar surface area (TPSA) is 130 Å². The van der Waals surface area contributed by atoms with E-state index in [1.165, 1.54) is 0 Å². The molecular weight excluding hydrogens is 423 g/mol. The molecule has 1 rings (SSSR count). The number of Topliss-reactive ketones (excluding diaryl/α,β-unsaturated/α-hetero) is 1. The van der Waals surface area contributed by atoms with E-state index in [4.69, 9.17) is 0 Å². The van der Waals surface area contributed by atoms with Crippen molar-refractivity contribution in [3.05, 3.63) is 32.9 Å². The van der Waals surface area contributed by atoms with E-state index in [9.17, 15) is 28.4 Å². The van der Waals surface area contributed by atoms with Crippen LogP contribution in [-0.2, 0) is 20.9 Å². The van der Waals surface area contributed by atoms with Gasteiger partial charge in [-0.15, -0.1) is 0 Å². The summed E-state index contributed by atoms with van der Waals surface area (Å²) < 4.78 is 14.1. The van der Waals surface area contributed by atoms with Gasteiger partial charge in [0.15, 0.2) is 0 Å². The van der Waals surface area contributed by atoms with Crippen LogP contribution in [0.25, 0.3) is 0 Å². The molecule has 1 aromatic heterocycles. The van der Waals surface area contributed by atoms with Crippen molar-refractivity contribution in [3.63, 3.8) is 0 Å². The van der Waals surface area contributed by atoms with Gasteiger partial charge in [-0.05, 0) is 0 Å². The fraction of sp³-hybridized carbons (Fsp3) is 0.588. The first-order chi connectivity index (χ1) is 13.8. The SMILES string of the molecule is CCC(=O)CCC(=O)NCCSSCCNC(=O)CCn1cc(F)c(=O)[nH]c1=O. The fourth-order valence-electron chi connectivity index (χ4n) is 2.06. The summed E-state index contributed by atoms with van der Waals surface area (Å²) in [6, 6.07) is 0. The minimum Gasteiger partial charge on any atom is -0.355 e. The molecule has 162 valence electrons. The molecule has 0 radical (unpaired) electrons. The number of amides is 2. The Hall–Kier alpha value is -2.08. The zero-order valence-electron chi connectivity index (χ0n) is 16.1. The van der Waals surface area contributed by atoms with E-state index in [2.05, 4.69) is 10.6 Å². The Morgan fingerprint density at radius 2 is 1.62 bits per heavy atom. The molecule has 1 aromatic rings. The molecule has 0 fully saturated rings. The second-order valence-electron chi connectivity index (χ2n) is 5.92. The van der Waals surface area contributed by atoms with Crippen LogP contribution in [0.5, 0.6) is 0 Å². The van der Waals surface area contributed by atoms with E-state index in [0.29, 0.717) is 31.0 Å². The Bertz CT molecular complexity index is 812. The third-order valence-electron chi connectivity index (χ3n) is 3.67. The Balaban J connectivity index is 2.05. The summed E-state index contributed by atoms with van der Waals surface area (Å²) in [5.41, 5.74) is -1.85. The summed E-state index contributed by atoms with van der Waals surface area (Å²) in [5.74, 6) is -0.0710. The van der Waals surface area contributed by atoms with Crippen LogP contribution in [0.1, 0.15) is 32.6 Å². The van der Waals surface area contributed by atoms with Crippen LogP contribution in [0.3, 0.4) is 0 Å². The number of aryl methyl sites for hydroxylation is 1. The van der Waals surface area contributed by atoms with Crippen molar-refractivity contribution in [3.8, 4) is 0 Å². The lowest BCUT2D eigenvalue weighted by molar-refractivity contribution is -0.125. The molecule has 0 unspecified atom stereocenters. The van der Waals surface area contributed by atoms with Crippen molar-refractivity contribution >= 4 is 39.2 Å². The van der Waals surface area contributed by atoms with E-state index in [-0.39, 0.29) is 43.4 Å². The number of ketones is 1. The largest absolute Gasteiger partial charge is 0.355 e. The van der Waals surface area contributed by atoms with Crippen molar-refractivity contribution in [1.29, 1.82) is 0 Å². The predicted molar refractivity (Wildman–Crippen MR) is 111 cm³/mol. The maximum Gasteiger partial charge on any atom is 0.328 e. The third kappa shape index (κ3) is 10.9. The van der Waals surface area contributed by atoms with Crippen LogP contribution in [0.4, 0.5) is 4.39 Å². The molecule has 3 N–H and O–H groups in total. The van der Waals surface area contributed by atoms with Gasteiger partial charge in [0.1, 0.15) is 5.78 Å². The summed E-state index contributed by atoms with van der Waals surface area (Å²) in [6.45, 7) is 2.67. The van der Waals surface area contributed by atoms with Gasteiger partial charge >= 0.3 is 5.69 Å². The number of carbonyl (C=O) groups is 3. The molecule has 1 heterocycles. The third-order valence-corrected chi connectivity index (χ3v) is 6.08. The maximum absolute atomic E-state index is 13.1. The summed E-state index contributed by atoms with van der Waals surface area (Å²) >= 11 is 0. The number of hydrogen-bond acceptors (Lipinski definition) is 7. The summed E-state index contributed by atoms with van der Waals surface area (Å²) in [6.07, 6.45) is 1.70. The molecule has 0 spiro atoms. The Morgan fingerprint density at radius 1 is 1.03 bits per heavy atom. The van der Waals surface area contributed by atoms with Crippen LogP contribution in [0.2, 0.25) is 0 Å². The van der Waals surface area contributed by atoms with Crippen LogP contribution >= 0.6 is 21.6 Å². The van der Waals surface area contributed by atoms with Gasteiger partial charge in [-0.1, -0.05) is 28.5 Å². The number of aromatic amines is 1. The highest BCUT2D eigenvalue weighted by atomic mass is 33.1. The van der Waals surface area contributed by atoms with Gasteiger partial charge in [0.2, 0.25) is 17.6 Å². The highest BCUT2D eigenvalue weighted by Crippen LogP contribution is 2.19. The van der Waals surface area contributed by atoms with Gasteiger partial charge < -0.3 is 10.6 Å². The normalized spacial score (nSPS) is 10.6. The number of H-pyrrole nitrogens is 1. The van der Waals surface area contributed by atoms with Gasteiger partial charge in [0.05, 0.1) is 6.20 Å². The molecule has 0 saturated heterocycles. The first-order valence-corrected chi connectivity index (χ1v) is 11.6. The van der Waals surface area contributed by atoms with Gasteiger partial charge in [-0.3, -0.25) is 28.7 Å². The summed E-state index contributed by atoms with van der Waals surface area (Å²) in [7, 11) is 3.10. The van der Waals surface area contributed by atoms with E-state index in [0.717, 1.165) is 10.8 Å². The van der Waals surface area contributed by atoms with Gasteiger partial charge in [0.25, 0.3) is 5.56 Å². The zero-order chi connectivity index (χ0) is 21.6. The highest BCUT2D eigenvalue weighted by Gasteiger charge is 2.07. The average Bonchev–Trinajstić information content (AvgIpc) is 2.69. The number of aromatic nitrogens is 2. The molecule has 0 aliphatic rings. The molecule has 0 aliphatic heterocycles. The lowest BCUT2D eigenvalue weighted by Crippen LogP contribution is -2.33. The lowest BCUT2D eigenvalue weighted by Gasteiger charge is -2.07. The van der Waals surface area contributed by atoms with Gasteiger partial charge in [-0.2, -0.15) is 4.39 Å². The van der Waals surface area contributed by atoms with Crippen molar-refractivity contribution in [2.45, 2.75) is 39.2 Å². The van der Waals surface area contributed by atoms with E-state index in [1.807, 2.05) is 4.98 Å². The minimum atomic E-state index is -1.09. The molecule has 2 amide bonds. The van der Waals surface area contributed by atoms with Crippen molar-refractivity contribution in [1.82, 2.24) is 20.2 Å². The van der Waals surface area contributed by atoms with E-state index < -0.39 is 17.1 Å². The number of halogens is 1. The van der Waals surface area contributed by atoms with Crippen molar-refractivity contribution < 1.29 is 18.8 Å². The fourth-order valence-corrected chi connectivity index (χ4v) is 3.87. The van der Waals surface area contributed by atoms with E-state index >= 15 is 0 Å². The van der Waals surface area contributed by atoms with Crippen LogP contribution < -0.4 is 21.9 Å². The van der Waals surface area contributed by atoms with Crippen LogP contribution in [0.15, 0.2) is 15.8 Å². The van der Waals surface area contributed by atoms with Crippen LogP contribution in [-0.4, -0.2) is 51.7 Å². The minimum absolute atomic E-state index is 0.0181. The quantitative estimate of drug-likeness (QED) is 0.278. The first kappa shape index (κ1) is 25.0. The van der Waals surface area contributed by atoms with Crippen LogP contribution in [0, 0.1) is 5.82 Å². The first-order valence-electron chi connectivity index (χ1n) is 9.12. The lowest BCUT2D eigenvalue weighted by atomic mass is 10.2. The molecule has 12 heteroatoms. The summed E-state index contributed by atoms with van der Waals surface area (Å²) in [5, 5.41) is 5.43. The van der Waals surface area contributed by atoms with Gasteiger partial charge in [-0.25, -0.2) is 4.79 Å². The second-order valence-corrected chi connectivity index (χ2v) is 8.62. The number of carbonyl (C=O) groups excluding carboxylic acids is 3. The molecular formula is C17H25FN4O5S2. The number of nitrogens with one attached hydrogen (secondary N) is 3.